The Morgan fingerprint density at radius 1 is 1.23 bits per heavy atom. The average Bonchev–Trinajstić information content (AvgIpc) is 2.48. The number of hydrogen-bond acceptors (Lipinski definition) is 3. The Labute approximate surface area is 133 Å². The summed E-state index contributed by atoms with van der Waals surface area (Å²) in [7, 11) is 1.15. The van der Waals surface area contributed by atoms with Crippen molar-refractivity contribution in [2.75, 3.05) is 7.11 Å². The van der Waals surface area contributed by atoms with Crippen molar-refractivity contribution < 1.29 is 22.7 Å². The van der Waals surface area contributed by atoms with E-state index in [4.69, 9.17) is 23.2 Å². The van der Waals surface area contributed by atoms with Crippen LogP contribution in [0, 0.1) is 0 Å². The SMILES string of the molecule is COC(=O)c1ncc(-c2cccc(C(F)(F)F)c2)c(Cl)c1Cl. The molecule has 22 heavy (non-hydrogen) atoms. The monoisotopic (exact) mass is 349 g/mol. The third-order valence-corrected chi connectivity index (χ3v) is 3.70. The first kappa shape index (κ1) is 16.6. The van der Waals surface area contributed by atoms with E-state index in [2.05, 4.69) is 9.72 Å². The molecule has 0 saturated carbocycles. The molecule has 1 aromatic heterocycles. The van der Waals surface area contributed by atoms with Crippen LogP contribution in [0.25, 0.3) is 11.1 Å². The number of hydrogen-bond donors (Lipinski definition) is 0. The molecule has 1 heterocycles. The van der Waals surface area contributed by atoms with Crippen molar-refractivity contribution in [3.63, 3.8) is 0 Å². The Kier molecular flexibility index (Phi) is 4.63. The van der Waals surface area contributed by atoms with Gasteiger partial charge in [-0.3, -0.25) is 0 Å². The fraction of sp³-hybridized carbons (Fsp3) is 0.143. The summed E-state index contributed by atoms with van der Waals surface area (Å²) < 4.78 is 42.7. The van der Waals surface area contributed by atoms with Crippen LogP contribution in [-0.4, -0.2) is 18.1 Å². The quantitative estimate of drug-likeness (QED) is 0.726. The second-order valence-electron chi connectivity index (χ2n) is 4.22. The minimum absolute atomic E-state index is 0.0728. The number of nitrogens with zero attached hydrogens (tertiary/aromatic N) is 1. The van der Waals surface area contributed by atoms with Gasteiger partial charge in [0.1, 0.15) is 0 Å². The lowest BCUT2D eigenvalue weighted by Gasteiger charge is -2.11. The summed E-state index contributed by atoms with van der Waals surface area (Å²) in [5.41, 5.74) is -0.657. The van der Waals surface area contributed by atoms with Gasteiger partial charge >= 0.3 is 12.1 Å². The van der Waals surface area contributed by atoms with Crippen LogP contribution in [0.2, 0.25) is 10.0 Å². The van der Waals surface area contributed by atoms with Gasteiger partial charge in [0.15, 0.2) is 5.69 Å². The molecule has 0 aliphatic heterocycles. The smallest absolute Gasteiger partial charge is 0.416 e. The Morgan fingerprint density at radius 3 is 2.50 bits per heavy atom. The Bertz CT molecular complexity index is 733. The van der Waals surface area contributed by atoms with E-state index in [0.29, 0.717) is 0 Å². The number of aromatic nitrogens is 1. The number of ether oxygens (including phenoxy) is 1. The van der Waals surface area contributed by atoms with Gasteiger partial charge in [0.05, 0.1) is 22.7 Å². The van der Waals surface area contributed by atoms with Crippen LogP contribution in [0.1, 0.15) is 16.1 Å². The summed E-state index contributed by atoms with van der Waals surface area (Å²) in [6, 6.07) is 4.55. The molecule has 116 valence electrons. The van der Waals surface area contributed by atoms with E-state index in [1.54, 1.807) is 0 Å². The van der Waals surface area contributed by atoms with Crippen molar-refractivity contribution in [1.29, 1.82) is 0 Å². The minimum atomic E-state index is -4.48. The zero-order valence-electron chi connectivity index (χ0n) is 11.0. The molecule has 0 unspecified atom stereocenters. The number of esters is 1. The van der Waals surface area contributed by atoms with Gasteiger partial charge in [-0.2, -0.15) is 13.2 Å². The van der Waals surface area contributed by atoms with Crippen LogP contribution in [0.3, 0.4) is 0 Å². The van der Waals surface area contributed by atoms with E-state index in [1.165, 1.54) is 18.3 Å². The lowest BCUT2D eigenvalue weighted by atomic mass is 10.0. The van der Waals surface area contributed by atoms with Gasteiger partial charge in [-0.05, 0) is 17.7 Å². The molecule has 8 heteroatoms. The van der Waals surface area contributed by atoms with Crippen LogP contribution < -0.4 is 0 Å². The third kappa shape index (κ3) is 3.18. The van der Waals surface area contributed by atoms with Gasteiger partial charge in [-0.1, -0.05) is 35.3 Å². The van der Waals surface area contributed by atoms with Gasteiger partial charge in [-0.15, -0.1) is 0 Å². The van der Waals surface area contributed by atoms with E-state index < -0.39 is 17.7 Å². The molecule has 0 aliphatic carbocycles. The predicted octanol–water partition coefficient (Wildman–Crippen LogP) is 4.86. The Hall–Kier alpha value is -1.79. The fourth-order valence-electron chi connectivity index (χ4n) is 1.77. The summed E-state index contributed by atoms with van der Waals surface area (Å²) in [6.07, 6.45) is -3.30. The lowest BCUT2D eigenvalue weighted by Crippen LogP contribution is -2.06. The van der Waals surface area contributed by atoms with Crippen LogP contribution in [0.4, 0.5) is 13.2 Å². The highest BCUT2D eigenvalue weighted by Gasteiger charge is 2.30. The average molecular weight is 350 g/mol. The van der Waals surface area contributed by atoms with Gasteiger partial charge < -0.3 is 4.74 Å². The van der Waals surface area contributed by atoms with Gasteiger partial charge in [0, 0.05) is 11.8 Å². The zero-order valence-corrected chi connectivity index (χ0v) is 12.6. The number of halogens is 5. The first-order chi connectivity index (χ1) is 10.3. The van der Waals surface area contributed by atoms with Gasteiger partial charge in [0.2, 0.25) is 0 Å². The van der Waals surface area contributed by atoms with Crippen LogP contribution in [0.15, 0.2) is 30.5 Å². The van der Waals surface area contributed by atoms with Crippen molar-refractivity contribution in [1.82, 2.24) is 4.98 Å². The second-order valence-corrected chi connectivity index (χ2v) is 4.97. The predicted molar refractivity (Wildman–Crippen MR) is 76.0 cm³/mol. The van der Waals surface area contributed by atoms with E-state index in [9.17, 15) is 18.0 Å². The summed E-state index contributed by atoms with van der Waals surface area (Å²) in [4.78, 5) is 15.2. The first-order valence-electron chi connectivity index (χ1n) is 5.85. The molecule has 0 saturated heterocycles. The number of benzene rings is 1. The van der Waals surface area contributed by atoms with Crippen molar-refractivity contribution in [3.05, 3.63) is 51.8 Å². The molecule has 0 aliphatic rings. The van der Waals surface area contributed by atoms with Crippen LogP contribution in [0.5, 0.6) is 0 Å². The highest BCUT2D eigenvalue weighted by atomic mass is 35.5. The van der Waals surface area contributed by atoms with Crippen LogP contribution in [-0.2, 0) is 10.9 Å². The largest absolute Gasteiger partial charge is 0.464 e. The highest BCUT2D eigenvalue weighted by molar-refractivity contribution is 6.45. The molecule has 2 rings (SSSR count). The molecule has 0 spiro atoms. The minimum Gasteiger partial charge on any atom is -0.464 e. The molecule has 0 radical (unpaired) electrons. The second kappa shape index (κ2) is 6.14. The summed E-state index contributed by atoms with van der Waals surface area (Å²) in [6.45, 7) is 0. The van der Waals surface area contributed by atoms with E-state index in [-0.39, 0.29) is 26.9 Å². The summed E-state index contributed by atoms with van der Waals surface area (Å²) in [5.74, 6) is -0.789. The number of alkyl halides is 3. The van der Waals surface area contributed by atoms with Gasteiger partial charge in [0.25, 0.3) is 0 Å². The number of carbonyl (C=O) groups is 1. The lowest BCUT2D eigenvalue weighted by molar-refractivity contribution is -0.137. The molecular weight excluding hydrogens is 342 g/mol. The molecule has 2 aromatic rings. The van der Waals surface area contributed by atoms with Crippen molar-refractivity contribution in [2.45, 2.75) is 6.18 Å². The molecule has 0 amide bonds. The molecule has 0 bridgehead atoms. The number of pyridine rings is 1. The number of methoxy groups -OCH3 is 1. The summed E-state index contributed by atoms with van der Waals surface area (Å²) in [5, 5.41) is -0.250. The summed E-state index contributed by atoms with van der Waals surface area (Å²) >= 11 is 12.0. The molecule has 0 N–H and O–H groups in total. The van der Waals surface area contributed by atoms with Crippen molar-refractivity contribution >= 4 is 29.2 Å². The molecule has 1 aromatic carbocycles. The Balaban J connectivity index is 2.55. The maximum absolute atomic E-state index is 12.7. The van der Waals surface area contributed by atoms with Crippen molar-refractivity contribution in [3.8, 4) is 11.1 Å². The normalized spacial score (nSPS) is 11.4. The first-order valence-corrected chi connectivity index (χ1v) is 6.61. The zero-order chi connectivity index (χ0) is 16.5. The maximum atomic E-state index is 12.7. The topological polar surface area (TPSA) is 39.2 Å². The third-order valence-electron chi connectivity index (χ3n) is 2.84. The highest BCUT2D eigenvalue weighted by Crippen LogP contribution is 2.37. The van der Waals surface area contributed by atoms with E-state index >= 15 is 0 Å². The van der Waals surface area contributed by atoms with Gasteiger partial charge in [-0.25, -0.2) is 9.78 Å². The molecule has 3 nitrogen and oxygen atoms in total. The number of rotatable bonds is 2. The van der Waals surface area contributed by atoms with Crippen molar-refractivity contribution in [2.24, 2.45) is 0 Å². The van der Waals surface area contributed by atoms with E-state index in [0.717, 1.165) is 19.2 Å². The molecule has 0 atom stereocenters. The molecule has 0 fully saturated rings. The standard InChI is InChI=1S/C14H8Cl2F3NO2/c1-22-13(21)12-11(16)10(15)9(6-20-12)7-3-2-4-8(5-7)14(17,18)19/h2-6H,1H3. The van der Waals surface area contributed by atoms with E-state index in [1.807, 2.05) is 0 Å². The van der Waals surface area contributed by atoms with Crippen LogP contribution >= 0.6 is 23.2 Å². The number of carbonyl (C=O) groups excluding carboxylic acids is 1. The fourth-order valence-corrected chi connectivity index (χ4v) is 2.24. The maximum Gasteiger partial charge on any atom is 0.416 e. The Morgan fingerprint density at radius 2 is 1.91 bits per heavy atom. The molecular formula is C14H8Cl2F3NO2.